The molecule has 0 saturated heterocycles. The zero-order chi connectivity index (χ0) is 21.2. The highest BCUT2D eigenvalue weighted by molar-refractivity contribution is 6.02. The maximum Gasteiger partial charge on any atom is 0.323 e. The van der Waals surface area contributed by atoms with Crippen molar-refractivity contribution in [1.82, 2.24) is 5.32 Å². The Hall–Kier alpha value is -2.65. The maximum absolute atomic E-state index is 13.0. The monoisotopic (exact) mass is 407 g/mol. The quantitative estimate of drug-likeness (QED) is 0.379. The standard InChI is InChI=1S/C20H29N3O6/c21-11-7-3-1-2-4-8-14(20(27)28)22-15-13-29-17-10-6-5-9-16(17)23(19(15)26)12-18(24)25/h5-6,9-10,14-15,22H,1-4,7-8,11-13,21H2,(H,24,25)(H,27,28)/t14-,15?/m0/s1. The Morgan fingerprint density at radius 3 is 2.55 bits per heavy atom. The van der Waals surface area contributed by atoms with Crippen molar-refractivity contribution < 1.29 is 29.3 Å². The van der Waals surface area contributed by atoms with Crippen molar-refractivity contribution in [1.29, 1.82) is 0 Å². The zero-order valence-corrected chi connectivity index (χ0v) is 16.4. The lowest BCUT2D eigenvalue weighted by atomic mass is 10.0. The Labute approximate surface area is 169 Å². The van der Waals surface area contributed by atoms with Crippen molar-refractivity contribution in [2.24, 2.45) is 5.73 Å². The Bertz CT molecular complexity index is 711. The zero-order valence-electron chi connectivity index (χ0n) is 16.4. The summed E-state index contributed by atoms with van der Waals surface area (Å²) in [6, 6.07) is 4.78. The molecule has 0 radical (unpaired) electrons. The van der Waals surface area contributed by atoms with Crippen LogP contribution in [-0.2, 0) is 14.4 Å². The number of anilines is 1. The molecular formula is C20H29N3O6. The van der Waals surface area contributed by atoms with Gasteiger partial charge in [0.2, 0.25) is 5.91 Å². The van der Waals surface area contributed by atoms with Gasteiger partial charge in [-0.25, -0.2) is 0 Å². The number of carbonyl (C=O) groups is 3. The second-order valence-electron chi connectivity index (χ2n) is 7.05. The number of benzene rings is 1. The van der Waals surface area contributed by atoms with Gasteiger partial charge < -0.3 is 20.7 Å². The third kappa shape index (κ3) is 6.72. The second kappa shape index (κ2) is 11.4. The lowest BCUT2D eigenvalue weighted by Crippen LogP contribution is -2.54. The van der Waals surface area contributed by atoms with Crippen molar-refractivity contribution in [2.45, 2.75) is 50.6 Å². The number of carboxylic acids is 2. The van der Waals surface area contributed by atoms with Gasteiger partial charge in [-0.15, -0.1) is 0 Å². The van der Waals surface area contributed by atoms with Gasteiger partial charge in [0, 0.05) is 0 Å². The second-order valence-corrected chi connectivity index (χ2v) is 7.05. The number of rotatable bonds is 12. The first kappa shape index (κ1) is 22.6. The minimum Gasteiger partial charge on any atom is -0.489 e. The SMILES string of the molecule is NCCCCCCC[C@H](NC1COc2ccccc2N(CC(=O)O)C1=O)C(=O)O. The van der Waals surface area contributed by atoms with Crippen LogP contribution >= 0.6 is 0 Å². The van der Waals surface area contributed by atoms with Gasteiger partial charge in [0.15, 0.2) is 0 Å². The molecule has 2 atom stereocenters. The fraction of sp³-hybridized carbons (Fsp3) is 0.550. The number of ether oxygens (including phenoxy) is 1. The van der Waals surface area contributed by atoms with E-state index in [4.69, 9.17) is 10.5 Å². The molecule has 9 nitrogen and oxygen atoms in total. The van der Waals surface area contributed by atoms with E-state index >= 15 is 0 Å². The van der Waals surface area contributed by atoms with E-state index in [0.29, 0.717) is 30.8 Å². The molecular weight excluding hydrogens is 378 g/mol. The summed E-state index contributed by atoms with van der Waals surface area (Å²) in [7, 11) is 0. The number of aliphatic carboxylic acids is 2. The molecule has 1 aromatic carbocycles. The lowest BCUT2D eigenvalue weighted by Gasteiger charge is -2.25. The van der Waals surface area contributed by atoms with Crippen LogP contribution in [0.3, 0.4) is 0 Å². The van der Waals surface area contributed by atoms with Crippen molar-refractivity contribution >= 4 is 23.5 Å². The number of unbranched alkanes of at least 4 members (excludes halogenated alkanes) is 4. The van der Waals surface area contributed by atoms with Gasteiger partial charge in [-0.2, -0.15) is 0 Å². The van der Waals surface area contributed by atoms with Crippen LogP contribution < -0.4 is 20.7 Å². The normalized spacial score (nSPS) is 17.2. The van der Waals surface area contributed by atoms with E-state index in [9.17, 15) is 24.6 Å². The number of hydrogen-bond acceptors (Lipinski definition) is 6. The van der Waals surface area contributed by atoms with Gasteiger partial charge in [0.05, 0.1) is 5.69 Å². The van der Waals surface area contributed by atoms with Gasteiger partial charge in [-0.1, -0.05) is 37.8 Å². The van der Waals surface area contributed by atoms with Crippen molar-refractivity contribution in [3.8, 4) is 5.75 Å². The number of nitrogens with one attached hydrogen (secondary N) is 1. The molecule has 1 unspecified atom stereocenters. The Balaban J connectivity index is 2.05. The summed E-state index contributed by atoms with van der Waals surface area (Å²) in [6.07, 6.45) is 4.91. The van der Waals surface area contributed by atoms with Crippen LogP contribution in [-0.4, -0.2) is 59.8 Å². The van der Waals surface area contributed by atoms with Gasteiger partial charge >= 0.3 is 11.9 Å². The van der Waals surface area contributed by atoms with Gasteiger partial charge in [-0.3, -0.25) is 24.6 Å². The van der Waals surface area contributed by atoms with Crippen LogP contribution in [0.4, 0.5) is 5.69 Å². The van der Waals surface area contributed by atoms with Crippen molar-refractivity contribution in [3.63, 3.8) is 0 Å². The largest absolute Gasteiger partial charge is 0.489 e. The number of fused-ring (bicyclic) bond motifs is 1. The molecule has 0 aliphatic carbocycles. The number of hydrogen-bond donors (Lipinski definition) is 4. The number of nitrogens with zero attached hydrogens (tertiary/aromatic N) is 1. The van der Waals surface area contributed by atoms with E-state index in [1.807, 2.05) is 0 Å². The highest BCUT2D eigenvalue weighted by atomic mass is 16.5. The van der Waals surface area contributed by atoms with Crippen molar-refractivity contribution in [3.05, 3.63) is 24.3 Å². The molecule has 0 saturated carbocycles. The first-order chi connectivity index (χ1) is 13.9. The Kier molecular flexibility index (Phi) is 8.88. The summed E-state index contributed by atoms with van der Waals surface area (Å²) in [5.41, 5.74) is 5.82. The molecule has 5 N–H and O–H groups in total. The fourth-order valence-electron chi connectivity index (χ4n) is 3.32. The molecule has 1 aromatic rings. The fourth-order valence-corrected chi connectivity index (χ4v) is 3.32. The number of carbonyl (C=O) groups excluding carboxylic acids is 1. The molecule has 1 aliphatic rings. The molecule has 160 valence electrons. The third-order valence-electron chi connectivity index (χ3n) is 4.82. The lowest BCUT2D eigenvalue weighted by molar-refractivity contribution is -0.141. The van der Waals surface area contributed by atoms with E-state index in [1.54, 1.807) is 24.3 Å². The summed E-state index contributed by atoms with van der Waals surface area (Å²) in [4.78, 5) is 37.0. The predicted octanol–water partition coefficient (Wildman–Crippen LogP) is 1.21. The first-order valence-electron chi connectivity index (χ1n) is 9.88. The topological polar surface area (TPSA) is 142 Å². The maximum atomic E-state index is 13.0. The summed E-state index contributed by atoms with van der Waals surface area (Å²) in [5.74, 6) is -2.35. The number of nitrogens with two attached hydrogens (primary N) is 1. The van der Waals surface area contributed by atoms with Gasteiger partial charge in [-0.05, 0) is 31.5 Å². The van der Waals surface area contributed by atoms with E-state index in [0.717, 1.165) is 30.6 Å². The van der Waals surface area contributed by atoms with Crippen molar-refractivity contribution in [2.75, 3.05) is 24.6 Å². The van der Waals surface area contributed by atoms with E-state index in [1.165, 1.54) is 0 Å². The van der Waals surface area contributed by atoms with Gasteiger partial charge in [0.25, 0.3) is 0 Å². The van der Waals surface area contributed by atoms with Crippen LogP contribution in [0.2, 0.25) is 0 Å². The minimum atomic E-state index is -1.17. The first-order valence-corrected chi connectivity index (χ1v) is 9.88. The van der Waals surface area contributed by atoms with E-state index in [2.05, 4.69) is 5.32 Å². The molecule has 9 heteroatoms. The average Bonchev–Trinajstić information content (AvgIpc) is 2.81. The summed E-state index contributed by atoms with van der Waals surface area (Å²) in [5, 5.41) is 21.6. The van der Waals surface area contributed by atoms with Crippen LogP contribution in [0.15, 0.2) is 24.3 Å². The van der Waals surface area contributed by atoms with Gasteiger partial charge in [0.1, 0.15) is 31.0 Å². The number of carboxylic acid groups (broad SMARTS) is 2. The Morgan fingerprint density at radius 2 is 1.86 bits per heavy atom. The molecule has 0 aromatic heterocycles. The summed E-state index contributed by atoms with van der Waals surface area (Å²) < 4.78 is 5.67. The van der Waals surface area contributed by atoms with Crippen LogP contribution in [0.1, 0.15) is 38.5 Å². The summed E-state index contributed by atoms with van der Waals surface area (Å²) >= 11 is 0. The molecule has 1 heterocycles. The predicted molar refractivity (Wildman–Crippen MR) is 107 cm³/mol. The molecule has 0 spiro atoms. The molecule has 0 fully saturated rings. The smallest absolute Gasteiger partial charge is 0.323 e. The van der Waals surface area contributed by atoms with Crippen LogP contribution in [0.5, 0.6) is 5.75 Å². The van der Waals surface area contributed by atoms with Crippen LogP contribution in [0, 0.1) is 0 Å². The number of para-hydroxylation sites is 2. The highest BCUT2D eigenvalue weighted by Crippen LogP contribution is 2.31. The molecule has 1 aliphatic heterocycles. The highest BCUT2D eigenvalue weighted by Gasteiger charge is 2.35. The third-order valence-corrected chi connectivity index (χ3v) is 4.82. The van der Waals surface area contributed by atoms with Crippen LogP contribution in [0.25, 0.3) is 0 Å². The minimum absolute atomic E-state index is 0.0771. The van der Waals surface area contributed by atoms with E-state index < -0.39 is 36.5 Å². The molecule has 29 heavy (non-hydrogen) atoms. The molecule has 1 amide bonds. The Morgan fingerprint density at radius 1 is 1.17 bits per heavy atom. The molecule has 2 rings (SSSR count). The summed E-state index contributed by atoms with van der Waals surface area (Å²) in [6.45, 7) is 0.0425. The molecule has 0 bridgehead atoms. The number of amides is 1. The average molecular weight is 407 g/mol. The van der Waals surface area contributed by atoms with E-state index in [-0.39, 0.29) is 6.61 Å².